The monoisotopic (exact) mass is 857 g/mol. The second kappa shape index (κ2) is 24.5. The van der Waals surface area contributed by atoms with Gasteiger partial charge in [-0.05, 0) is 56.3 Å². The van der Waals surface area contributed by atoms with E-state index >= 15 is 0 Å². The third kappa shape index (κ3) is 14.6. The largest absolute Gasteiger partial charge is 0.480 e. The maximum Gasteiger partial charge on any atom is 0.327 e. The van der Waals surface area contributed by atoms with Crippen LogP contribution in [0.5, 0.6) is 0 Å². The number of carbonyl (C=O) groups excluding carboxylic acids is 6. The molecule has 0 unspecified atom stereocenters. The normalized spacial score (nSPS) is 15.2. The first-order valence-electron chi connectivity index (χ1n) is 19.2. The molecule has 20 nitrogen and oxygen atoms in total. The molecule has 6 amide bonds. The van der Waals surface area contributed by atoms with E-state index in [1.807, 2.05) is 24.3 Å². The molecule has 8 atom stereocenters. The fourth-order valence-electron chi connectivity index (χ4n) is 6.04. The molecule has 1 heterocycles. The predicted molar refractivity (Wildman–Crippen MR) is 222 cm³/mol. The summed E-state index contributed by atoms with van der Waals surface area (Å²) in [7, 11) is 0. The number of carboxylic acid groups (broad SMARTS) is 1. The van der Waals surface area contributed by atoms with Crippen molar-refractivity contribution in [2.75, 3.05) is 25.5 Å². The summed E-state index contributed by atoms with van der Waals surface area (Å²) < 4.78 is 0. The lowest BCUT2D eigenvalue weighted by molar-refractivity contribution is -0.142. The summed E-state index contributed by atoms with van der Waals surface area (Å²) in [5.41, 5.74) is 14.1. The summed E-state index contributed by atoms with van der Waals surface area (Å²) >= 11 is 3.85. The summed E-state index contributed by atoms with van der Waals surface area (Å²) in [5.74, 6) is -7.42. The van der Waals surface area contributed by atoms with Crippen molar-refractivity contribution in [2.24, 2.45) is 11.5 Å². The fraction of sp³-hybridized carbons (Fsp3) is 0.462. The highest BCUT2D eigenvalue weighted by Gasteiger charge is 2.35. The standard InChI is InChI=1S/C39H55N9O11S/c1-21(51)32(48-34(53)27(13-7-8-14-40)43-33(52)25(41)16-23-17-42-26-12-6-5-11-24(23)26)38(57)44-28(15-22-9-3-2-4-10-22)35(54)45-29(18-49)36(55)46-30(19-50)37(56)47-31(20-60)39(58)59/h2-6,9-12,17,21,25,27-32,42,49-51,60H,7-8,13-16,18-20,40-41H2,1H3,(H,43,52)(H,44,57)(H,45,54)(H,46,55)(H,47,56)(H,48,53)(H,58,59)/t21-,25+,27+,28+,29+,30+,31+,32+/m1/s1. The Balaban J connectivity index is 1.76. The van der Waals surface area contributed by atoms with Gasteiger partial charge in [0.25, 0.3) is 0 Å². The molecule has 0 saturated carbocycles. The first-order valence-corrected chi connectivity index (χ1v) is 19.9. The second-order valence-corrected chi connectivity index (χ2v) is 14.4. The Morgan fingerprint density at radius 2 is 1.22 bits per heavy atom. The Morgan fingerprint density at radius 3 is 1.78 bits per heavy atom. The number of hydrogen-bond donors (Lipinski definition) is 14. The van der Waals surface area contributed by atoms with E-state index in [0.29, 0.717) is 24.9 Å². The highest BCUT2D eigenvalue weighted by molar-refractivity contribution is 7.80. The topological polar surface area (TPSA) is 340 Å². The average molecular weight is 858 g/mol. The molecule has 3 rings (SSSR count). The maximum atomic E-state index is 13.8. The summed E-state index contributed by atoms with van der Waals surface area (Å²) in [4.78, 5) is 94.6. The Morgan fingerprint density at radius 1 is 0.683 bits per heavy atom. The first-order chi connectivity index (χ1) is 28.6. The number of rotatable bonds is 25. The molecule has 0 aliphatic rings. The molecule has 60 heavy (non-hydrogen) atoms. The second-order valence-electron chi connectivity index (χ2n) is 14.1. The van der Waals surface area contributed by atoms with E-state index < -0.39 is 103 Å². The van der Waals surface area contributed by atoms with E-state index in [2.05, 4.69) is 49.5 Å². The summed E-state index contributed by atoms with van der Waals surface area (Å²) in [6.07, 6.45) is 1.24. The van der Waals surface area contributed by atoms with Gasteiger partial charge in [-0.3, -0.25) is 28.8 Å². The third-order valence-electron chi connectivity index (χ3n) is 9.44. The summed E-state index contributed by atoms with van der Waals surface area (Å²) in [6, 6.07) is 5.57. The molecule has 0 bridgehead atoms. The minimum Gasteiger partial charge on any atom is -0.480 e. The minimum atomic E-state index is -1.73. The fourth-order valence-corrected chi connectivity index (χ4v) is 6.29. The number of aromatic nitrogens is 1. The summed E-state index contributed by atoms with van der Waals surface area (Å²) in [6.45, 7) is -0.444. The molecule has 3 aromatic rings. The number of thiol groups is 1. The van der Waals surface area contributed by atoms with Crippen LogP contribution in [0.2, 0.25) is 0 Å². The molecule has 0 saturated heterocycles. The third-order valence-corrected chi connectivity index (χ3v) is 9.80. The molecule has 15 N–H and O–H groups in total. The number of aliphatic carboxylic acids is 1. The van der Waals surface area contributed by atoms with E-state index in [9.17, 15) is 54.0 Å². The van der Waals surface area contributed by atoms with E-state index in [4.69, 9.17) is 11.5 Å². The van der Waals surface area contributed by atoms with Gasteiger partial charge in [-0.1, -0.05) is 48.5 Å². The van der Waals surface area contributed by atoms with Crippen molar-refractivity contribution < 1.29 is 54.0 Å². The number of H-pyrrole nitrogens is 1. The lowest BCUT2D eigenvalue weighted by atomic mass is 10.0. The van der Waals surface area contributed by atoms with Crippen molar-refractivity contribution in [3.8, 4) is 0 Å². The Labute approximate surface area is 351 Å². The number of nitrogens with one attached hydrogen (secondary N) is 7. The number of nitrogens with two attached hydrogens (primary N) is 2. The van der Waals surface area contributed by atoms with Crippen LogP contribution in [0.25, 0.3) is 10.9 Å². The van der Waals surface area contributed by atoms with Crippen LogP contribution < -0.4 is 43.4 Å². The Bertz CT molecular complexity index is 1920. The SMILES string of the molecule is C[C@@H](O)[C@H](NC(=O)[C@H](CCCCN)NC(=O)[C@@H](N)Cc1c[nH]c2ccccc12)C(=O)N[C@@H](Cc1ccccc1)C(=O)N[C@@H](CO)C(=O)N[C@@H](CO)C(=O)N[C@@H](CS)C(=O)O. The molecule has 0 fully saturated rings. The molecule has 2 aromatic carbocycles. The quantitative estimate of drug-likeness (QED) is 0.0294. The van der Waals surface area contributed by atoms with Crippen LogP contribution in [0.3, 0.4) is 0 Å². The summed E-state index contributed by atoms with van der Waals surface area (Å²) in [5, 5.41) is 54.7. The molecule has 21 heteroatoms. The number of aromatic amines is 1. The van der Waals surface area contributed by atoms with Crippen molar-refractivity contribution in [3.05, 3.63) is 71.9 Å². The molecule has 0 spiro atoms. The Kier molecular flexibility index (Phi) is 19.9. The first kappa shape index (κ1) is 48.8. The number of aliphatic hydroxyl groups is 3. The highest BCUT2D eigenvalue weighted by Crippen LogP contribution is 2.19. The smallest absolute Gasteiger partial charge is 0.327 e. The van der Waals surface area contributed by atoms with Crippen molar-refractivity contribution in [2.45, 2.75) is 87.4 Å². The van der Waals surface area contributed by atoms with Crippen LogP contribution in [0.4, 0.5) is 0 Å². The van der Waals surface area contributed by atoms with Crippen LogP contribution >= 0.6 is 12.6 Å². The predicted octanol–water partition coefficient (Wildman–Crippen LogP) is -3.30. The number of para-hydroxylation sites is 1. The van der Waals surface area contributed by atoms with Crippen molar-refractivity contribution in [1.29, 1.82) is 0 Å². The van der Waals surface area contributed by atoms with Crippen LogP contribution in [0.15, 0.2) is 60.8 Å². The Hall–Kier alpha value is -5.58. The van der Waals surface area contributed by atoms with Gasteiger partial charge in [-0.15, -0.1) is 0 Å². The zero-order valence-corrected chi connectivity index (χ0v) is 33.9. The number of carboxylic acids is 1. The van der Waals surface area contributed by atoms with E-state index in [-0.39, 0.29) is 25.0 Å². The molecule has 0 aliphatic carbocycles. The van der Waals surface area contributed by atoms with Crippen LogP contribution in [-0.4, -0.2) is 141 Å². The minimum absolute atomic E-state index is 0.112. The van der Waals surface area contributed by atoms with Crippen LogP contribution in [0, 0.1) is 0 Å². The molecule has 1 aromatic heterocycles. The lowest BCUT2D eigenvalue weighted by Crippen LogP contribution is -2.62. The van der Waals surface area contributed by atoms with Crippen molar-refractivity contribution >= 4 is 64.9 Å². The van der Waals surface area contributed by atoms with Gasteiger partial charge in [0.2, 0.25) is 35.4 Å². The van der Waals surface area contributed by atoms with Gasteiger partial charge in [-0.2, -0.15) is 12.6 Å². The van der Waals surface area contributed by atoms with Gasteiger partial charge in [0, 0.05) is 29.3 Å². The molecule has 0 radical (unpaired) electrons. The number of benzene rings is 2. The van der Waals surface area contributed by atoms with Crippen LogP contribution in [-0.2, 0) is 46.4 Å². The number of aliphatic hydroxyl groups excluding tert-OH is 3. The molecular weight excluding hydrogens is 803 g/mol. The van der Waals surface area contributed by atoms with Gasteiger partial charge < -0.3 is 68.8 Å². The zero-order chi connectivity index (χ0) is 44.4. The number of fused-ring (bicyclic) bond motifs is 1. The van der Waals surface area contributed by atoms with Gasteiger partial charge >= 0.3 is 5.97 Å². The zero-order valence-electron chi connectivity index (χ0n) is 33.0. The number of carbonyl (C=O) groups is 7. The van der Waals surface area contributed by atoms with Gasteiger partial charge in [0.05, 0.1) is 25.4 Å². The van der Waals surface area contributed by atoms with E-state index in [0.717, 1.165) is 16.5 Å². The van der Waals surface area contributed by atoms with E-state index in [1.54, 1.807) is 36.5 Å². The number of unbranched alkanes of at least 4 members (excludes halogenated alkanes) is 1. The highest BCUT2D eigenvalue weighted by atomic mass is 32.1. The van der Waals surface area contributed by atoms with E-state index in [1.165, 1.54) is 6.92 Å². The average Bonchev–Trinajstić information content (AvgIpc) is 3.64. The molecule has 328 valence electrons. The van der Waals surface area contributed by atoms with Gasteiger partial charge in [-0.25, -0.2) is 4.79 Å². The van der Waals surface area contributed by atoms with Gasteiger partial charge in [0.15, 0.2) is 0 Å². The van der Waals surface area contributed by atoms with Crippen LogP contribution in [0.1, 0.15) is 37.3 Å². The number of amides is 6. The number of hydrogen-bond acceptors (Lipinski definition) is 13. The molecular formula is C39H55N9O11S. The lowest BCUT2D eigenvalue weighted by Gasteiger charge is -2.28. The van der Waals surface area contributed by atoms with Crippen molar-refractivity contribution in [3.63, 3.8) is 0 Å². The maximum absolute atomic E-state index is 13.8. The van der Waals surface area contributed by atoms with Gasteiger partial charge in [0.1, 0.15) is 36.3 Å². The van der Waals surface area contributed by atoms with Crippen molar-refractivity contribution in [1.82, 2.24) is 36.9 Å². The molecule has 0 aliphatic heterocycles.